The molecule has 0 N–H and O–H groups in total. The summed E-state index contributed by atoms with van der Waals surface area (Å²) in [5, 5.41) is 0.655. The molecule has 1 aliphatic rings. The van der Waals surface area contributed by atoms with E-state index < -0.39 is 5.97 Å². The molecule has 0 atom stereocenters. The van der Waals surface area contributed by atoms with Crippen LogP contribution in [0, 0.1) is 20.8 Å². The molecule has 0 spiro atoms. The van der Waals surface area contributed by atoms with E-state index in [-0.39, 0.29) is 5.91 Å². The zero-order valence-electron chi connectivity index (χ0n) is 19.4. The normalized spacial score (nSPS) is 15.3. The molecule has 1 aromatic carbocycles. The lowest BCUT2D eigenvalue weighted by molar-refractivity contribution is -0.136. The number of amides is 1. The number of carbonyl (C=O) groups excluding carboxylic acids is 2. The van der Waals surface area contributed by atoms with Gasteiger partial charge in [0.1, 0.15) is 0 Å². The maximum Gasteiger partial charge on any atom is 0.340 e. The Hall–Kier alpha value is -2.83. The summed E-state index contributed by atoms with van der Waals surface area (Å²) in [6.07, 6.45) is 2.46. The number of aromatic nitrogens is 1. The van der Waals surface area contributed by atoms with Crippen LogP contribution in [-0.2, 0) is 19.1 Å². The predicted octanol–water partition coefficient (Wildman–Crippen LogP) is 4.77. The number of benzene rings is 1. The molecule has 2 heterocycles. The summed E-state index contributed by atoms with van der Waals surface area (Å²) in [5.74, 6) is -0.724. The average molecular weight is 457 g/mol. The lowest BCUT2D eigenvalue weighted by atomic mass is 10.0. The molecule has 1 aliphatic heterocycles. The number of hydrogen-bond donors (Lipinski definition) is 0. The monoisotopic (exact) mass is 456 g/mol. The van der Waals surface area contributed by atoms with Gasteiger partial charge < -0.3 is 18.9 Å². The van der Waals surface area contributed by atoms with Gasteiger partial charge in [-0.2, -0.15) is 0 Å². The second-order valence-electron chi connectivity index (χ2n) is 7.91. The molecule has 1 aromatic heterocycles. The van der Waals surface area contributed by atoms with Crippen LogP contribution in [0.15, 0.2) is 41.1 Å². The minimum Gasteiger partial charge on any atom is -0.465 e. The van der Waals surface area contributed by atoms with Crippen LogP contribution >= 0.6 is 11.6 Å². The van der Waals surface area contributed by atoms with E-state index in [0.717, 1.165) is 28.2 Å². The number of carbonyl (C=O) groups is 2. The van der Waals surface area contributed by atoms with Crippen molar-refractivity contribution in [2.24, 2.45) is 0 Å². The third-order valence-corrected chi connectivity index (χ3v) is 6.05. The smallest absolute Gasteiger partial charge is 0.340 e. The lowest BCUT2D eigenvalue weighted by Crippen LogP contribution is -2.26. The van der Waals surface area contributed by atoms with Crippen LogP contribution in [0.3, 0.4) is 0 Å². The van der Waals surface area contributed by atoms with Gasteiger partial charge in [0.2, 0.25) is 0 Å². The van der Waals surface area contributed by atoms with Crippen LogP contribution in [0.4, 0.5) is 0 Å². The van der Waals surface area contributed by atoms with E-state index in [0.29, 0.717) is 41.4 Å². The molecule has 0 bridgehead atoms. The van der Waals surface area contributed by atoms with Crippen LogP contribution in [0.2, 0.25) is 5.02 Å². The summed E-state index contributed by atoms with van der Waals surface area (Å²) in [6.45, 7) is 8.80. The molecule has 0 fully saturated rings. The number of allylic oxidation sites excluding steroid dienone is 1. The first-order chi connectivity index (χ1) is 15.2. The van der Waals surface area contributed by atoms with Gasteiger partial charge in [-0.05, 0) is 69.5 Å². The number of methoxy groups -OCH3 is 2. The Kier molecular flexibility index (Phi) is 7.26. The molecule has 7 heteroatoms. The van der Waals surface area contributed by atoms with Gasteiger partial charge in [-0.25, -0.2) is 4.79 Å². The van der Waals surface area contributed by atoms with Crippen molar-refractivity contribution in [2.45, 2.75) is 34.1 Å². The Labute approximate surface area is 194 Å². The summed E-state index contributed by atoms with van der Waals surface area (Å²) in [4.78, 5) is 27.4. The van der Waals surface area contributed by atoms with Gasteiger partial charge in [-0.1, -0.05) is 17.7 Å². The van der Waals surface area contributed by atoms with Crippen molar-refractivity contribution in [3.8, 4) is 5.69 Å². The van der Waals surface area contributed by atoms with E-state index in [9.17, 15) is 9.59 Å². The Morgan fingerprint density at radius 2 is 1.84 bits per heavy atom. The number of ether oxygens (including phenoxy) is 2. The Morgan fingerprint density at radius 3 is 2.50 bits per heavy atom. The topological polar surface area (TPSA) is 60.8 Å². The standard InChI is InChI=1S/C25H29ClN2O4/c1-15-8-9-20(26)14-22(15)28-16(2)12-19(17(28)3)13-21-23(25(30)32-6)18(4)27(24(21)29)10-7-11-31-5/h8-9,12-14H,7,10-11H2,1-6H3/b21-13-. The highest BCUT2D eigenvalue weighted by Crippen LogP contribution is 2.33. The number of nitrogens with zero attached hydrogens (tertiary/aromatic N) is 2. The highest BCUT2D eigenvalue weighted by Gasteiger charge is 2.36. The van der Waals surface area contributed by atoms with Gasteiger partial charge in [0.25, 0.3) is 5.91 Å². The molecule has 1 amide bonds. The quantitative estimate of drug-likeness (QED) is 0.342. The predicted molar refractivity (Wildman–Crippen MR) is 126 cm³/mol. The van der Waals surface area contributed by atoms with Crippen LogP contribution in [0.1, 0.15) is 35.9 Å². The Balaban J connectivity index is 2.09. The fourth-order valence-electron chi connectivity index (χ4n) is 4.15. The summed E-state index contributed by atoms with van der Waals surface area (Å²) < 4.78 is 12.2. The largest absolute Gasteiger partial charge is 0.465 e. The molecule has 0 aliphatic carbocycles. The molecule has 32 heavy (non-hydrogen) atoms. The highest BCUT2D eigenvalue weighted by molar-refractivity contribution is 6.30. The molecular weight excluding hydrogens is 428 g/mol. The summed E-state index contributed by atoms with van der Waals surface area (Å²) in [5.41, 5.74) is 6.13. The van der Waals surface area contributed by atoms with Gasteiger partial charge in [0.15, 0.2) is 0 Å². The van der Waals surface area contributed by atoms with Crippen LogP contribution in [-0.4, -0.2) is 48.7 Å². The van der Waals surface area contributed by atoms with Gasteiger partial charge >= 0.3 is 5.97 Å². The van der Waals surface area contributed by atoms with Crippen molar-refractivity contribution in [1.82, 2.24) is 9.47 Å². The third-order valence-electron chi connectivity index (χ3n) is 5.81. The van der Waals surface area contributed by atoms with Crippen LogP contribution in [0.25, 0.3) is 11.8 Å². The maximum absolute atomic E-state index is 13.3. The van der Waals surface area contributed by atoms with E-state index in [1.54, 1.807) is 25.0 Å². The van der Waals surface area contributed by atoms with Crippen molar-refractivity contribution >= 4 is 29.6 Å². The number of aryl methyl sites for hydroxylation is 2. The van der Waals surface area contributed by atoms with Gasteiger partial charge in [-0.15, -0.1) is 0 Å². The van der Waals surface area contributed by atoms with E-state index in [2.05, 4.69) is 4.57 Å². The molecule has 6 nitrogen and oxygen atoms in total. The second kappa shape index (κ2) is 9.76. The van der Waals surface area contributed by atoms with Crippen LogP contribution in [0.5, 0.6) is 0 Å². The number of esters is 1. The van der Waals surface area contributed by atoms with Crippen molar-refractivity contribution in [3.63, 3.8) is 0 Å². The van der Waals surface area contributed by atoms with E-state index in [1.807, 2.05) is 45.0 Å². The zero-order chi connectivity index (χ0) is 23.6. The molecule has 170 valence electrons. The Morgan fingerprint density at radius 1 is 1.12 bits per heavy atom. The fourth-order valence-corrected chi connectivity index (χ4v) is 4.31. The highest BCUT2D eigenvalue weighted by atomic mass is 35.5. The summed E-state index contributed by atoms with van der Waals surface area (Å²) >= 11 is 6.25. The summed E-state index contributed by atoms with van der Waals surface area (Å²) in [7, 11) is 2.95. The minimum atomic E-state index is -0.518. The number of halogens is 1. The van der Waals surface area contributed by atoms with Crippen molar-refractivity contribution in [1.29, 1.82) is 0 Å². The van der Waals surface area contributed by atoms with Crippen LogP contribution < -0.4 is 0 Å². The lowest BCUT2D eigenvalue weighted by Gasteiger charge is -2.17. The van der Waals surface area contributed by atoms with Gasteiger partial charge in [-0.3, -0.25) is 4.79 Å². The van der Waals surface area contributed by atoms with E-state index >= 15 is 0 Å². The molecular formula is C25H29ClN2O4. The molecule has 3 rings (SSSR count). The minimum absolute atomic E-state index is 0.206. The van der Waals surface area contributed by atoms with Gasteiger partial charge in [0.05, 0.1) is 18.3 Å². The van der Waals surface area contributed by atoms with E-state index in [4.69, 9.17) is 21.1 Å². The van der Waals surface area contributed by atoms with Crippen molar-refractivity contribution in [3.05, 3.63) is 68.6 Å². The maximum atomic E-state index is 13.3. The molecule has 0 saturated carbocycles. The Bertz CT molecular complexity index is 1130. The molecule has 0 radical (unpaired) electrons. The fraction of sp³-hybridized carbons (Fsp3) is 0.360. The molecule has 0 saturated heterocycles. The van der Waals surface area contributed by atoms with Crippen molar-refractivity contribution < 1.29 is 19.1 Å². The van der Waals surface area contributed by atoms with E-state index in [1.165, 1.54) is 7.11 Å². The summed E-state index contributed by atoms with van der Waals surface area (Å²) in [6, 6.07) is 7.78. The van der Waals surface area contributed by atoms with Gasteiger partial charge in [0, 0.05) is 48.1 Å². The molecule has 2 aromatic rings. The first kappa shape index (κ1) is 23.8. The van der Waals surface area contributed by atoms with Crippen molar-refractivity contribution in [2.75, 3.05) is 27.4 Å². The third kappa shape index (κ3) is 4.38. The number of hydrogen-bond acceptors (Lipinski definition) is 4. The first-order valence-corrected chi connectivity index (χ1v) is 10.9. The average Bonchev–Trinajstić information content (AvgIpc) is 3.16. The number of rotatable bonds is 7. The second-order valence-corrected chi connectivity index (χ2v) is 8.34. The molecule has 0 unspecified atom stereocenters. The first-order valence-electron chi connectivity index (χ1n) is 10.5. The zero-order valence-corrected chi connectivity index (χ0v) is 20.2. The SMILES string of the molecule is COCCCN1C(=O)/C(=C\c2cc(C)n(-c3cc(Cl)ccc3C)c2C)C(C(=O)OC)=C1C.